The zero-order chi connectivity index (χ0) is 17.6. The number of nitro groups is 2. The molecule has 122 valence electrons. The SMILES string of the molecule is COC(=O)/C=C(/Nc1cccc([N+](=O)[O-])c1[N+](=O)[O-])C(=O)OC. The van der Waals surface area contributed by atoms with E-state index < -0.39 is 38.9 Å². The average Bonchev–Trinajstić information content (AvgIpc) is 2.52. The summed E-state index contributed by atoms with van der Waals surface area (Å²) in [5.41, 5.74) is -2.48. The van der Waals surface area contributed by atoms with Crippen LogP contribution in [0.5, 0.6) is 0 Å². The molecule has 1 rings (SSSR count). The fraction of sp³-hybridized carbons (Fsp3) is 0.167. The number of hydrogen-bond donors (Lipinski definition) is 1. The van der Waals surface area contributed by atoms with Gasteiger partial charge in [0.1, 0.15) is 11.4 Å². The van der Waals surface area contributed by atoms with Crippen LogP contribution in [0.4, 0.5) is 17.1 Å². The summed E-state index contributed by atoms with van der Waals surface area (Å²) in [6, 6.07) is 3.25. The lowest BCUT2D eigenvalue weighted by atomic mass is 10.2. The molecule has 0 heterocycles. The summed E-state index contributed by atoms with van der Waals surface area (Å²) in [7, 11) is 2.08. The lowest BCUT2D eigenvalue weighted by Gasteiger charge is -2.09. The van der Waals surface area contributed by atoms with Gasteiger partial charge in [0.15, 0.2) is 0 Å². The predicted octanol–water partition coefficient (Wildman–Crippen LogP) is 1.14. The number of para-hydroxylation sites is 1. The van der Waals surface area contributed by atoms with Crippen molar-refractivity contribution >= 4 is 29.0 Å². The first-order chi connectivity index (χ1) is 10.8. The lowest BCUT2D eigenvalue weighted by Crippen LogP contribution is -2.16. The molecule has 11 nitrogen and oxygen atoms in total. The molecule has 0 unspecified atom stereocenters. The minimum absolute atomic E-state index is 0.357. The summed E-state index contributed by atoms with van der Waals surface area (Å²) in [6.07, 6.45) is 0.703. The summed E-state index contributed by atoms with van der Waals surface area (Å²) < 4.78 is 8.77. The summed E-state index contributed by atoms with van der Waals surface area (Å²) in [5.74, 6) is -1.94. The van der Waals surface area contributed by atoms with Gasteiger partial charge >= 0.3 is 23.3 Å². The number of esters is 2. The van der Waals surface area contributed by atoms with E-state index in [0.29, 0.717) is 6.08 Å². The van der Waals surface area contributed by atoms with Crippen LogP contribution in [0.1, 0.15) is 0 Å². The molecule has 0 bridgehead atoms. The van der Waals surface area contributed by atoms with Crippen LogP contribution >= 0.6 is 0 Å². The molecule has 0 aliphatic rings. The molecule has 0 fully saturated rings. The largest absolute Gasteiger partial charge is 0.466 e. The number of carbonyl (C=O) groups is 2. The Balaban J connectivity index is 3.39. The number of nitro benzene ring substituents is 2. The Morgan fingerprint density at radius 3 is 2.26 bits per heavy atom. The standard InChI is InChI=1S/C12H11N3O8/c1-22-10(16)6-8(12(17)23-2)13-7-4-3-5-9(14(18)19)11(7)15(20)21/h3-6,13H,1-2H3/b8-6+. The molecule has 0 atom stereocenters. The third-order valence-corrected chi connectivity index (χ3v) is 2.53. The molecule has 0 aliphatic carbocycles. The van der Waals surface area contributed by atoms with Gasteiger partial charge in [-0.25, -0.2) is 9.59 Å². The van der Waals surface area contributed by atoms with E-state index in [1.54, 1.807) is 0 Å². The van der Waals surface area contributed by atoms with Crippen molar-refractivity contribution in [1.82, 2.24) is 0 Å². The van der Waals surface area contributed by atoms with Gasteiger partial charge in [-0.3, -0.25) is 20.2 Å². The lowest BCUT2D eigenvalue weighted by molar-refractivity contribution is -0.421. The maximum absolute atomic E-state index is 11.6. The van der Waals surface area contributed by atoms with Crippen molar-refractivity contribution in [3.63, 3.8) is 0 Å². The highest BCUT2D eigenvalue weighted by atomic mass is 16.6. The van der Waals surface area contributed by atoms with Crippen LogP contribution < -0.4 is 5.32 Å². The monoisotopic (exact) mass is 325 g/mol. The number of nitrogens with zero attached hydrogens (tertiary/aromatic N) is 2. The van der Waals surface area contributed by atoms with Crippen molar-refractivity contribution < 1.29 is 28.9 Å². The maximum Gasteiger partial charge on any atom is 0.369 e. The van der Waals surface area contributed by atoms with Crippen molar-refractivity contribution in [2.24, 2.45) is 0 Å². The Labute approximate surface area is 128 Å². The van der Waals surface area contributed by atoms with Crippen molar-refractivity contribution in [2.75, 3.05) is 19.5 Å². The Morgan fingerprint density at radius 2 is 1.78 bits per heavy atom. The number of rotatable bonds is 6. The predicted molar refractivity (Wildman–Crippen MR) is 75.5 cm³/mol. The Morgan fingerprint density at radius 1 is 1.13 bits per heavy atom. The summed E-state index contributed by atoms with van der Waals surface area (Å²) >= 11 is 0. The third-order valence-electron chi connectivity index (χ3n) is 2.53. The van der Waals surface area contributed by atoms with Crippen LogP contribution in [-0.4, -0.2) is 36.0 Å². The second-order valence-corrected chi connectivity index (χ2v) is 3.89. The van der Waals surface area contributed by atoms with Crippen molar-refractivity contribution in [3.05, 3.63) is 50.2 Å². The molecule has 1 aromatic rings. The topological polar surface area (TPSA) is 151 Å². The van der Waals surface area contributed by atoms with Crippen molar-refractivity contribution in [1.29, 1.82) is 0 Å². The molecule has 1 aromatic carbocycles. The van der Waals surface area contributed by atoms with Crippen LogP contribution in [0.3, 0.4) is 0 Å². The zero-order valence-electron chi connectivity index (χ0n) is 12.0. The minimum atomic E-state index is -1.02. The maximum atomic E-state index is 11.6. The summed E-state index contributed by atoms with van der Waals surface area (Å²) in [5, 5.41) is 24.2. The molecule has 0 amide bonds. The molecule has 0 aliphatic heterocycles. The van der Waals surface area contributed by atoms with Gasteiger partial charge in [-0.2, -0.15) is 0 Å². The van der Waals surface area contributed by atoms with E-state index in [0.717, 1.165) is 26.4 Å². The van der Waals surface area contributed by atoms with Gasteiger partial charge in [-0.15, -0.1) is 0 Å². The van der Waals surface area contributed by atoms with Gasteiger partial charge in [0.25, 0.3) is 0 Å². The second-order valence-electron chi connectivity index (χ2n) is 3.89. The van der Waals surface area contributed by atoms with E-state index in [1.807, 2.05) is 0 Å². The van der Waals surface area contributed by atoms with Gasteiger partial charge in [0.2, 0.25) is 0 Å². The first-order valence-electron chi connectivity index (χ1n) is 5.88. The third kappa shape index (κ3) is 4.23. The van der Waals surface area contributed by atoms with Gasteiger partial charge in [-0.1, -0.05) is 6.07 Å². The van der Waals surface area contributed by atoms with Crippen LogP contribution in [0.25, 0.3) is 0 Å². The first kappa shape index (κ1) is 17.6. The van der Waals surface area contributed by atoms with E-state index in [1.165, 1.54) is 6.07 Å². The van der Waals surface area contributed by atoms with E-state index in [4.69, 9.17) is 0 Å². The fourth-order valence-corrected chi connectivity index (χ4v) is 1.55. The number of anilines is 1. The smallest absolute Gasteiger partial charge is 0.369 e. The molecule has 1 N–H and O–H groups in total. The van der Waals surface area contributed by atoms with E-state index in [-0.39, 0.29) is 5.69 Å². The highest BCUT2D eigenvalue weighted by Crippen LogP contribution is 2.35. The van der Waals surface area contributed by atoms with Crippen molar-refractivity contribution in [3.8, 4) is 0 Å². The number of methoxy groups -OCH3 is 2. The molecule has 23 heavy (non-hydrogen) atoms. The van der Waals surface area contributed by atoms with Gasteiger partial charge in [-0.05, 0) is 6.07 Å². The van der Waals surface area contributed by atoms with Gasteiger partial charge < -0.3 is 14.8 Å². The zero-order valence-corrected chi connectivity index (χ0v) is 12.0. The van der Waals surface area contributed by atoms with Crippen LogP contribution in [0.2, 0.25) is 0 Å². The Hall–Kier alpha value is -3.50. The average molecular weight is 325 g/mol. The van der Waals surface area contributed by atoms with Crippen LogP contribution in [0, 0.1) is 20.2 Å². The van der Waals surface area contributed by atoms with E-state index >= 15 is 0 Å². The summed E-state index contributed by atoms with van der Waals surface area (Å²) in [6.45, 7) is 0. The van der Waals surface area contributed by atoms with E-state index in [9.17, 15) is 29.8 Å². The van der Waals surface area contributed by atoms with Crippen LogP contribution in [0.15, 0.2) is 30.0 Å². The Kier molecular flexibility index (Phi) is 5.72. The molecule has 0 aromatic heterocycles. The molecule has 0 saturated carbocycles. The van der Waals surface area contributed by atoms with Gasteiger partial charge in [0.05, 0.1) is 30.1 Å². The molecule has 0 spiro atoms. The molecule has 0 saturated heterocycles. The molecule has 0 radical (unpaired) electrons. The number of ether oxygens (including phenoxy) is 2. The molecular weight excluding hydrogens is 314 g/mol. The van der Waals surface area contributed by atoms with E-state index in [2.05, 4.69) is 14.8 Å². The molecule has 11 heteroatoms. The molecular formula is C12H11N3O8. The number of nitrogens with one attached hydrogen (secondary N) is 1. The minimum Gasteiger partial charge on any atom is -0.466 e. The fourth-order valence-electron chi connectivity index (χ4n) is 1.55. The highest BCUT2D eigenvalue weighted by Gasteiger charge is 2.29. The first-order valence-corrected chi connectivity index (χ1v) is 5.88. The van der Waals surface area contributed by atoms with Crippen LogP contribution in [-0.2, 0) is 19.1 Å². The normalized spacial score (nSPS) is 10.6. The Bertz CT molecular complexity index is 698. The number of benzene rings is 1. The van der Waals surface area contributed by atoms with Crippen molar-refractivity contribution in [2.45, 2.75) is 0 Å². The highest BCUT2D eigenvalue weighted by molar-refractivity contribution is 5.99. The number of carbonyl (C=O) groups excluding carboxylic acids is 2. The summed E-state index contributed by atoms with van der Waals surface area (Å²) in [4.78, 5) is 42.9. The quantitative estimate of drug-likeness (QED) is 0.351. The second kappa shape index (κ2) is 7.49. The number of hydrogen-bond acceptors (Lipinski definition) is 9. The van der Waals surface area contributed by atoms with Gasteiger partial charge in [0, 0.05) is 6.07 Å².